The highest BCUT2D eigenvalue weighted by Gasteiger charge is 2.27. The van der Waals surface area contributed by atoms with Crippen LogP contribution in [0.15, 0.2) is 34.9 Å². The number of esters is 1. The average molecular weight is 318 g/mol. The van der Waals surface area contributed by atoms with Gasteiger partial charge in [-0.15, -0.1) is 0 Å². The fourth-order valence-electron chi connectivity index (χ4n) is 2.77. The Balaban J connectivity index is 2.51. The van der Waals surface area contributed by atoms with Gasteiger partial charge in [-0.2, -0.15) is 0 Å². The molecule has 3 heteroatoms. The van der Waals surface area contributed by atoms with Gasteiger partial charge in [-0.05, 0) is 70.9 Å². The van der Waals surface area contributed by atoms with Gasteiger partial charge < -0.3 is 4.74 Å². The number of carbonyl (C=O) groups is 2. The highest BCUT2D eigenvalue weighted by Crippen LogP contribution is 2.30. The molecular formula is C20H30O3. The molecule has 1 aliphatic carbocycles. The van der Waals surface area contributed by atoms with E-state index in [1.54, 1.807) is 26.0 Å². The number of hydrogen-bond acceptors (Lipinski definition) is 3. The van der Waals surface area contributed by atoms with Crippen molar-refractivity contribution in [2.45, 2.75) is 60.3 Å². The number of allylic oxidation sites excluding steroid dienone is 4. The van der Waals surface area contributed by atoms with Crippen molar-refractivity contribution in [3.63, 3.8) is 0 Å². The molecule has 0 bridgehead atoms. The van der Waals surface area contributed by atoms with Crippen LogP contribution in [0.3, 0.4) is 0 Å². The van der Waals surface area contributed by atoms with Crippen molar-refractivity contribution in [2.24, 2.45) is 11.8 Å². The van der Waals surface area contributed by atoms with Gasteiger partial charge >= 0.3 is 5.97 Å². The highest BCUT2D eigenvalue weighted by molar-refractivity contribution is 5.93. The lowest BCUT2D eigenvalue weighted by molar-refractivity contribution is -0.138. The second kappa shape index (κ2) is 9.49. The van der Waals surface area contributed by atoms with Crippen LogP contribution in [0.1, 0.15) is 60.3 Å². The fraction of sp³-hybridized carbons (Fsp3) is 0.600. The Morgan fingerprint density at radius 1 is 1.39 bits per heavy atom. The van der Waals surface area contributed by atoms with Gasteiger partial charge in [0.15, 0.2) is 5.78 Å². The van der Waals surface area contributed by atoms with E-state index in [4.69, 9.17) is 4.74 Å². The molecular weight excluding hydrogens is 288 g/mol. The van der Waals surface area contributed by atoms with Gasteiger partial charge in [0.05, 0.1) is 0 Å². The maximum absolute atomic E-state index is 12.3. The molecule has 3 nitrogen and oxygen atoms in total. The Morgan fingerprint density at radius 3 is 2.65 bits per heavy atom. The molecule has 0 N–H and O–H groups in total. The van der Waals surface area contributed by atoms with Crippen molar-refractivity contribution in [1.82, 2.24) is 0 Å². The summed E-state index contributed by atoms with van der Waals surface area (Å²) in [6.45, 7) is 10.1. The van der Waals surface area contributed by atoms with Crippen LogP contribution in [-0.2, 0) is 14.3 Å². The third kappa shape index (κ3) is 6.55. The predicted octanol–water partition coefficient (Wildman–Crippen LogP) is 4.78. The van der Waals surface area contributed by atoms with E-state index in [1.165, 1.54) is 5.57 Å². The molecule has 128 valence electrons. The maximum Gasteiger partial charge on any atom is 0.333 e. The molecule has 0 radical (unpaired) electrons. The summed E-state index contributed by atoms with van der Waals surface area (Å²) >= 11 is 0. The first-order valence-electron chi connectivity index (χ1n) is 8.51. The van der Waals surface area contributed by atoms with E-state index in [2.05, 4.69) is 26.8 Å². The highest BCUT2D eigenvalue weighted by atomic mass is 16.5. The van der Waals surface area contributed by atoms with Gasteiger partial charge in [-0.3, -0.25) is 4.79 Å². The van der Waals surface area contributed by atoms with Gasteiger partial charge in [0.2, 0.25) is 0 Å². The Hall–Kier alpha value is -1.64. The van der Waals surface area contributed by atoms with Crippen LogP contribution >= 0.6 is 0 Å². The van der Waals surface area contributed by atoms with E-state index in [1.807, 2.05) is 0 Å². The molecule has 23 heavy (non-hydrogen) atoms. The van der Waals surface area contributed by atoms with E-state index in [-0.39, 0.29) is 24.3 Å². The van der Waals surface area contributed by atoms with Gasteiger partial charge in [0.1, 0.15) is 6.61 Å². The first-order chi connectivity index (χ1) is 10.8. The molecule has 0 aliphatic heterocycles. The zero-order chi connectivity index (χ0) is 17.4. The number of ketones is 1. The molecule has 0 saturated heterocycles. The van der Waals surface area contributed by atoms with Crippen molar-refractivity contribution in [3.05, 3.63) is 34.9 Å². The summed E-state index contributed by atoms with van der Waals surface area (Å²) in [5, 5.41) is 0. The van der Waals surface area contributed by atoms with E-state index in [9.17, 15) is 9.59 Å². The monoisotopic (exact) mass is 318 g/mol. The molecule has 0 spiro atoms. The summed E-state index contributed by atoms with van der Waals surface area (Å²) in [4.78, 5) is 24.0. The Morgan fingerprint density at radius 2 is 2.09 bits per heavy atom. The summed E-state index contributed by atoms with van der Waals surface area (Å²) in [6, 6.07) is 0. The smallest absolute Gasteiger partial charge is 0.333 e. The van der Waals surface area contributed by atoms with Gasteiger partial charge in [0, 0.05) is 11.5 Å². The molecule has 2 atom stereocenters. The molecule has 0 amide bonds. The normalized spacial score (nSPS) is 19.9. The number of hydrogen-bond donors (Lipinski definition) is 0. The molecule has 0 fully saturated rings. The summed E-state index contributed by atoms with van der Waals surface area (Å²) < 4.78 is 5.23. The Labute approximate surface area is 140 Å². The molecule has 0 aromatic rings. The van der Waals surface area contributed by atoms with Gasteiger partial charge in [-0.25, -0.2) is 4.79 Å². The van der Waals surface area contributed by atoms with Crippen LogP contribution in [0.4, 0.5) is 0 Å². The first kappa shape index (κ1) is 19.4. The summed E-state index contributed by atoms with van der Waals surface area (Å²) in [5.74, 6) is 0.383. The Bertz CT molecular complexity index is 519. The van der Waals surface area contributed by atoms with E-state index >= 15 is 0 Å². The van der Waals surface area contributed by atoms with E-state index < -0.39 is 0 Å². The fourth-order valence-corrected chi connectivity index (χ4v) is 2.77. The summed E-state index contributed by atoms with van der Waals surface area (Å²) in [6.07, 6.45) is 9.43. The zero-order valence-corrected chi connectivity index (χ0v) is 15.1. The lowest BCUT2D eigenvalue weighted by atomic mass is 9.79. The number of rotatable bonds is 7. The molecule has 0 saturated carbocycles. The lowest BCUT2D eigenvalue weighted by Crippen LogP contribution is -2.25. The molecule has 0 unspecified atom stereocenters. The van der Waals surface area contributed by atoms with Crippen LogP contribution < -0.4 is 0 Å². The van der Waals surface area contributed by atoms with Crippen molar-refractivity contribution in [2.75, 3.05) is 6.61 Å². The lowest BCUT2D eigenvalue weighted by Gasteiger charge is -2.26. The van der Waals surface area contributed by atoms with Crippen molar-refractivity contribution in [1.29, 1.82) is 0 Å². The second-order valence-corrected chi connectivity index (χ2v) is 6.73. The van der Waals surface area contributed by atoms with Crippen LogP contribution in [0.2, 0.25) is 0 Å². The molecule has 0 aromatic carbocycles. The molecule has 0 aromatic heterocycles. The van der Waals surface area contributed by atoms with Crippen molar-refractivity contribution in [3.8, 4) is 0 Å². The maximum atomic E-state index is 12.3. The largest absolute Gasteiger partial charge is 0.458 e. The van der Waals surface area contributed by atoms with Gasteiger partial charge in [0.25, 0.3) is 0 Å². The minimum Gasteiger partial charge on any atom is -0.458 e. The van der Waals surface area contributed by atoms with Crippen LogP contribution in [0, 0.1) is 11.8 Å². The standard InChI is InChI=1S/C20H30O3/c1-6-15(4)20(22)23-13-17-10-11-18(19(21)12-17)16(5)9-7-8-14(2)3/h6,8,12,16,18H,7,9-11,13H2,1-5H3/b15-6-/t16-,18+/m1/s1. The third-order valence-corrected chi connectivity index (χ3v) is 4.49. The predicted molar refractivity (Wildman–Crippen MR) is 94.0 cm³/mol. The molecule has 0 heterocycles. The minimum atomic E-state index is -0.307. The van der Waals surface area contributed by atoms with Crippen LogP contribution in [-0.4, -0.2) is 18.4 Å². The van der Waals surface area contributed by atoms with E-state index in [0.29, 0.717) is 11.5 Å². The summed E-state index contributed by atoms with van der Waals surface area (Å²) in [5.41, 5.74) is 2.85. The van der Waals surface area contributed by atoms with Crippen molar-refractivity contribution >= 4 is 11.8 Å². The Kier molecular flexibility index (Phi) is 8.01. The second-order valence-electron chi connectivity index (χ2n) is 6.73. The molecule has 1 rings (SSSR count). The third-order valence-electron chi connectivity index (χ3n) is 4.49. The number of carbonyl (C=O) groups excluding carboxylic acids is 2. The minimum absolute atomic E-state index is 0.109. The van der Waals surface area contributed by atoms with Crippen molar-refractivity contribution < 1.29 is 14.3 Å². The first-order valence-corrected chi connectivity index (χ1v) is 8.51. The number of ether oxygens (including phenoxy) is 1. The summed E-state index contributed by atoms with van der Waals surface area (Å²) in [7, 11) is 0. The van der Waals surface area contributed by atoms with E-state index in [0.717, 1.165) is 31.3 Å². The quantitative estimate of drug-likeness (QED) is 0.385. The van der Waals surface area contributed by atoms with Crippen LogP contribution in [0.5, 0.6) is 0 Å². The van der Waals surface area contributed by atoms with Gasteiger partial charge in [-0.1, -0.05) is 24.6 Å². The zero-order valence-electron chi connectivity index (χ0n) is 15.1. The molecule has 1 aliphatic rings. The SMILES string of the molecule is C/C=C(/C)C(=O)OCC1=CC(=O)[C@H]([C@H](C)CCC=C(C)C)CC1. The average Bonchev–Trinajstić information content (AvgIpc) is 2.51. The van der Waals surface area contributed by atoms with Crippen LogP contribution in [0.25, 0.3) is 0 Å². The topological polar surface area (TPSA) is 43.4 Å².